The Balaban J connectivity index is 1.65. The Hall–Kier alpha value is -2.75. The zero-order valence-corrected chi connectivity index (χ0v) is 21.7. The van der Waals surface area contributed by atoms with Crippen LogP contribution < -0.4 is 5.32 Å². The standard InChI is InChI=1S/C27H28F2N2O3S2/c1-18-13-19(2)17-31(16-18)36(33,34)24-11-12-26(35-23-9-7-22(29)8-10-23)25(14-24)27(32)30-15-20-3-5-21(28)6-4-20/h3-12,14,18-19H,13,15-17H2,1-2H3,(H,30,32). The highest BCUT2D eigenvalue weighted by molar-refractivity contribution is 7.99. The van der Waals surface area contributed by atoms with E-state index in [0.717, 1.165) is 6.42 Å². The van der Waals surface area contributed by atoms with E-state index in [1.54, 1.807) is 30.3 Å². The van der Waals surface area contributed by atoms with Gasteiger partial charge in [-0.15, -0.1) is 0 Å². The van der Waals surface area contributed by atoms with Crippen LogP contribution in [0.2, 0.25) is 0 Å². The highest BCUT2D eigenvalue weighted by Crippen LogP contribution is 2.34. The molecule has 1 N–H and O–H groups in total. The van der Waals surface area contributed by atoms with E-state index in [0.29, 0.717) is 28.4 Å². The van der Waals surface area contributed by atoms with Crippen molar-refractivity contribution in [3.8, 4) is 0 Å². The number of sulfonamides is 1. The van der Waals surface area contributed by atoms with Crippen LogP contribution in [0.3, 0.4) is 0 Å². The number of nitrogens with zero attached hydrogens (tertiary/aromatic N) is 1. The number of halogens is 2. The topological polar surface area (TPSA) is 66.5 Å². The maximum atomic E-state index is 13.5. The number of hydrogen-bond donors (Lipinski definition) is 1. The fraction of sp³-hybridized carbons (Fsp3) is 0.296. The van der Waals surface area contributed by atoms with Crippen LogP contribution >= 0.6 is 11.8 Å². The minimum Gasteiger partial charge on any atom is -0.348 e. The predicted molar refractivity (Wildman–Crippen MR) is 136 cm³/mol. The molecule has 4 rings (SSSR count). The summed E-state index contributed by atoms with van der Waals surface area (Å²) in [5.41, 5.74) is 0.906. The first-order valence-corrected chi connectivity index (χ1v) is 14.0. The average molecular weight is 531 g/mol. The van der Waals surface area contributed by atoms with Crippen LogP contribution in [-0.2, 0) is 16.6 Å². The molecule has 0 spiro atoms. The molecule has 190 valence electrons. The third kappa shape index (κ3) is 6.32. The number of nitrogens with one attached hydrogen (secondary N) is 1. The Morgan fingerprint density at radius 2 is 1.53 bits per heavy atom. The van der Waals surface area contributed by atoms with Gasteiger partial charge in [-0.25, -0.2) is 17.2 Å². The molecule has 5 nitrogen and oxygen atoms in total. The van der Waals surface area contributed by atoms with E-state index in [9.17, 15) is 22.0 Å². The highest BCUT2D eigenvalue weighted by Gasteiger charge is 2.32. The van der Waals surface area contributed by atoms with Gasteiger partial charge in [0.05, 0.1) is 10.5 Å². The lowest BCUT2D eigenvalue weighted by atomic mass is 9.94. The molecule has 0 radical (unpaired) electrons. The molecule has 3 aromatic rings. The van der Waals surface area contributed by atoms with Crippen molar-refractivity contribution in [3.63, 3.8) is 0 Å². The Kier molecular flexibility index (Phi) is 8.12. The minimum atomic E-state index is -3.80. The third-order valence-corrected chi connectivity index (χ3v) is 8.99. The quantitative estimate of drug-likeness (QED) is 0.425. The summed E-state index contributed by atoms with van der Waals surface area (Å²) in [6, 6.07) is 16.2. The lowest BCUT2D eigenvalue weighted by Crippen LogP contribution is -2.42. The molecule has 1 aliphatic rings. The molecule has 9 heteroatoms. The van der Waals surface area contributed by atoms with E-state index in [1.807, 2.05) is 13.8 Å². The van der Waals surface area contributed by atoms with Crippen LogP contribution in [0.1, 0.15) is 36.2 Å². The summed E-state index contributed by atoms with van der Waals surface area (Å²) < 4.78 is 55.0. The second-order valence-corrected chi connectivity index (χ2v) is 12.3. The summed E-state index contributed by atoms with van der Waals surface area (Å²) in [7, 11) is -3.80. The summed E-state index contributed by atoms with van der Waals surface area (Å²) in [4.78, 5) is 14.5. The van der Waals surface area contributed by atoms with Crippen LogP contribution in [0.5, 0.6) is 0 Å². The van der Waals surface area contributed by atoms with Crippen LogP contribution in [0.4, 0.5) is 8.78 Å². The lowest BCUT2D eigenvalue weighted by molar-refractivity contribution is 0.0947. The van der Waals surface area contributed by atoms with Crippen molar-refractivity contribution in [2.45, 2.75) is 41.5 Å². The van der Waals surface area contributed by atoms with Gasteiger partial charge in [0.15, 0.2) is 0 Å². The van der Waals surface area contributed by atoms with Crippen LogP contribution in [-0.4, -0.2) is 31.7 Å². The van der Waals surface area contributed by atoms with E-state index in [-0.39, 0.29) is 40.5 Å². The molecule has 36 heavy (non-hydrogen) atoms. The average Bonchev–Trinajstić information content (AvgIpc) is 2.84. The van der Waals surface area contributed by atoms with Gasteiger partial charge < -0.3 is 5.32 Å². The summed E-state index contributed by atoms with van der Waals surface area (Å²) in [5.74, 6) is -0.711. The Morgan fingerprint density at radius 3 is 2.14 bits per heavy atom. The van der Waals surface area contributed by atoms with E-state index in [2.05, 4.69) is 5.32 Å². The van der Waals surface area contributed by atoms with Gasteiger partial charge in [-0.1, -0.05) is 37.7 Å². The van der Waals surface area contributed by atoms with E-state index >= 15 is 0 Å². The summed E-state index contributed by atoms with van der Waals surface area (Å²) in [6.45, 7) is 5.09. The number of benzene rings is 3. The fourth-order valence-corrected chi connectivity index (χ4v) is 7.03. The fourth-order valence-electron chi connectivity index (χ4n) is 4.40. The molecule has 0 saturated carbocycles. The number of amides is 1. The second-order valence-electron chi connectivity index (χ2n) is 9.29. The molecular formula is C27H28F2N2O3S2. The molecule has 1 saturated heterocycles. The summed E-state index contributed by atoms with van der Waals surface area (Å²) in [5, 5.41) is 2.80. The first-order chi connectivity index (χ1) is 17.1. The Bertz CT molecular complexity index is 1320. The molecule has 2 unspecified atom stereocenters. The van der Waals surface area contributed by atoms with Gasteiger partial charge >= 0.3 is 0 Å². The van der Waals surface area contributed by atoms with Gasteiger partial charge in [-0.05, 0) is 78.4 Å². The maximum Gasteiger partial charge on any atom is 0.252 e. The van der Waals surface area contributed by atoms with Crippen molar-refractivity contribution >= 4 is 27.7 Å². The number of piperidine rings is 1. The largest absolute Gasteiger partial charge is 0.348 e. The maximum absolute atomic E-state index is 13.5. The first-order valence-electron chi connectivity index (χ1n) is 11.7. The zero-order valence-electron chi connectivity index (χ0n) is 20.1. The van der Waals surface area contributed by atoms with Crippen molar-refractivity contribution < 1.29 is 22.0 Å². The summed E-state index contributed by atoms with van der Waals surface area (Å²) in [6.07, 6.45) is 0.969. The van der Waals surface area contributed by atoms with E-state index in [1.165, 1.54) is 52.5 Å². The molecule has 1 amide bonds. The van der Waals surface area contributed by atoms with Crippen LogP contribution in [0.15, 0.2) is 81.4 Å². The molecule has 0 aromatic heterocycles. The van der Waals surface area contributed by atoms with Gasteiger partial charge in [-0.2, -0.15) is 4.31 Å². The lowest BCUT2D eigenvalue weighted by Gasteiger charge is -2.34. The Labute approximate surface area is 215 Å². The zero-order chi connectivity index (χ0) is 25.9. The molecule has 0 bridgehead atoms. The van der Waals surface area contributed by atoms with Crippen molar-refractivity contribution in [3.05, 3.63) is 89.5 Å². The van der Waals surface area contributed by atoms with Crippen molar-refractivity contribution in [2.24, 2.45) is 11.8 Å². The van der Waals surface area contributed by atoms with Gasteiger partial charge in [0.2, 0.25) is 10.0 Å². The number of hydrogen-bond acceptors (Lipinski definition) is 4. The second kappa shape index (κ2) is 11.1. The van der Waals surface area contributed by atoms with Crippen molar-refractivity contribution in [1.29, 1.82) is 0 Å². The van der Waals surface area contributed by atoms with E-state index < -0.39 is 15.9 Å². The minimum absolute atomic E-state index is 0.0548. The summed E-state index contributed by atoms with van der Waals surface area (Å²) >= 11 is 1.25. The molecule has 1 aliphatic heterocycles. The number of carbonyl (C=O) groups is 1. The number of carbonyl (C=O) groups excluding carboxylic acids is 1. The Morgan fingerprint density at radius 1 is 0.944 bits per heavy atom. The SMILES string of the molecule is CC1CC(C)CN(S(=O)(=O)c2ccc(Sc3ccc(F)cc3)c(C(=O)NCc3ccc(F)cc3)c2)C1. The van der Waals surface area contributed by atoms with Crippen LogP contribution in [0, 0.1) is 23.5 Å². The molecule has 3 aromatic carbocycles. The third-order valence-electron chi connectivity index (χ3n) is 6.08. The van der Waals surface area contributed by atoms with E-state index in [4.69, 9.17) is 0 Å². The van der Waals surface area contributed by atoms with Crippen LogP contribution in [0.25, 0.3) is 0 Å². The normalized spacial score (nSPS) is 18.7. The van der Waals surface area contributed by atoms with Crippen molar-refractivity contribution in [1.82, 2.24) is 9.62 Å². The predicted octanol–water partition coefficient (Wildman–Crippen LogP) is 5.71. The van der Waals surface area contributed by atoms with Gasteiger partial charge in [0, 0.05) is 29.4 Å². The molecule has 1 fully saturated rings. The molecule has 2 atom stereocenters. The molecular weight excluding hydrogens is 502 g/mol. The van der Waals surface area contributed by atoms with Crippen molar-refractivity contribution in [2.75, 3.05) is 13.1 Å². The van der Waals surface area contributed by atoms with Gasteiger partial charge in [0.1, 0.15) is 11.6 Å². The van der Waals surface area contributed by atoms with Gasteiger partial charge in [-0.3, -0.25) is 4.79 Å². The highest BCUT2D eigenvalue weighted by atomic mass is 32.2. The number of rotatable bonds is 7. The monoisotopic (exact) mass is 530 g/mol. The first kappa shape index (κ1) is 26.3. The molecule has 1 heterocycles. The molecule has 0 aliphatic carbocycles. The smallest absolute Gasteiger partial charge is 0.252 e. The van der Waals surface area contributed by atoms with Gasteiger partial charge in [0.25, 0.3) is 5.91 Å².